The van der Waals surface area contributed by atoms with Gasteiger partial charge >= 0.3 is 0 Å². The first-order valence-electron chi connectivity index (χ1n) is 2.92. The van der Waals surface area contributed by atoms with E-state index in [9.17, 15) is 4.79 Å². The van der Waals surface area contributed by atoms with Crippen LogP contribution in [0.3, 0.4) is 0 Å². The summed E-state index contributed by atoms with van der Waals surface area (Å²) in [7, 11) is 0. The van der Waals surface area contributed by atoms with E-state index < -0.39 is 0 Å². The summed E-state index contributed by atoms with van der Waals surface area (Å²) in [5.41, 5.74) is 0.997. The molecule has 0 bridgehead atoms. The summed E-state index contributed by atoms with van der Waals surface area (Å²) in [6.07, 6.45) is 1.71. The van der Waals surface area contributed by atoms with Crippen molar-refractivity contribution in [1.29, 1.82) is 0 Å². The maximum absolute atomic E-state index is 10.3. The summed E-state index contributed by atoms with van der Waals surface area (Å²) in [5.74, 6) is 1.06. The first kappa shape index (κ1) is 11.1. The maximum Gasteiger partial charge on any atom is 0.231 e. The van der Waals surface area contributed by atoms with Crippen LogP contribution in [0.2, 0.25) is 0 Å². The highest BCUT2D eigenvalue weighted by atomic mass is 35.5. The van der Waals surface area contributed by atoms with Crippen molar-refractivity contribution < 1.29 is 4.79 Å². The molecule has 0 atom stereocenters. The molecule has 1 nitrogen and oxygen atoms in total. The van der Waals surface area contributed by atoms with E-state index in [1.54, 1.807) is 11.5 Å². The van der Waals surface area contributed by atoms with Crippen LogP contribution in [-0.4, -0.2) is 16.7 Å². The fourth-order valence-corrected chi connectivity index (χ4v) is 1.65. The Labute approximate surface area is 81.3 Å². The minimum Gasteiger partial charge on any atom is -0.280 e. The van der Waals surface area contributed by atoms with Crippen LogP contribution >= 0.6 is 36.0 Å². The molecule has 0 saturated carbocycles. The SMILES string of the molecule is C=C/C(=C\S)CSCC(=O)Cl. The fourth-order valence-electron chi connectivity index (χ4n) is 0.398. The van der Waals surface area contributed by atoms with Crippen molar-refractivity contribution in [2.45, 2.75) is 0 Å². The summed E-state index contributed by atoms with van der Waals surface area (Å²) >= 11 is 10.5. The zero-order valence-electron chi connectivity index (χ0n) is 5.92. The van der Waals surface area contributed by atoms with Gasteiger partial charge in [-0.05, 0) is 22.6 Å². The molecule has 0 aliphatic carbocycles. The van der Waals surface area contributed by atoms with Gasteiger partial charge < -0.3 is 0 Å². The normalized spacial score (nSPS) is 11.3. The van der Waals surface area contributed by atoms with E-state index in [1.807, 2.05) is 0 Å². The van der Waals surface area contributed by atoms with Gasteiger partial charge in [0.2, 0.25) is 5.24 Å². The molecule has 0 N–H and O–H groups in total. The number of hydrogen-bond donors (Lipinski definition) is 1. The average Bonchev–Trinajstić information content (AvgIpc) is 1.98. The highest BCUT2D eigenvalue weighted by Crippen LogP contribution is 2.10. The summed E-state index contributed by atoms with van der Waals surface area (Å²) in [6.45, 7) is 3.58. The topological polar surface area (TPSA) is 17.1 Å². The molecule has 11 heavy (non-hydrogen) atoms. The van der Waals surface area contributed by atoms with Crippen molar-refractivity contribution in [3.05, 3.63) is 23.6 Å². The minimum absolute atomic E-state index is 0.322. The van der Waals surface area contributed by atoms with Crippen LogP contribution < -0.4 is 0 Å². The van der Waals surface area contributed by atoms with Crippen molar-refractivity contribution in [2.24, 2.45) is 0 Å². The quantitative estimate of drug-likeness (QED) is 0.425. The first-order valence-corrected chi connectivity index (χ1v) is 4.97. The van der Waals surface area contributed by atoms with E-state index in [0.717, 1.165) is 11.3 Å². The van der Waals surface area contributed by atoms with E-state index in [0.29, 0.717) is 5.75 Å². The third-order valence-corrected chi connectivity index (χ3v) is 2.54. The third-order valence-electron chi connectivity index (χ3n) is 0.912. The smallest absolute Gasteiger partial charge is 0.231 e. The molecule has 0 aliphatic heterocycles. The Morgan fingerprint density at radius 3 is 2.64 bits per heavy atom. The Balaban J connectivity index is 3.53. The molecule has 0 aromatic heterocycles. The molecule has 0 aliphatic rings. The van der Waals surface area contributed by atoms with E-state index in [4.69, 9.17) is 11.6 Å². The first-order chi connectivity index (χ1) is 5.20. The molecule has 0 fully saturated rings. The number of rotatable bonds is 5. The van der Waals surface area contributed by atoms with Gasteiger partial charge in [-0.3, -0.25) is 4.79 Å². The Morgan fingerprint density at radius 2 is 2.27 bits per heavy atom. The van der Waals surface area contributed by atoms with Gasteiger partial charge in [-0.15, -0.1) is 11.8 Å². The lowest BCUT2D eigenvalue weighted by atomic mass is 10.3. The third kappa shape index (κ3) is 6.53. The number of halogens is 1. The molecule has 0 saturated heterocycles. The second kappa shape index (κ2) is 6.83. The highest BCUT2D eigenvalue weighted by molar-refractivity contribution is 8.00. The van der Waals surface area contributed by atoms with Gasteiger partial charge in [-0.2, -0.15) is 12.6 Å². The Kier molecular flexibility index (Phi) is 6.91. The molecular formula is C7H9ClOS2. The van der Waals surface area contributed by atoms with E-state index in [2.05, 4.69) is 19.2 Å². The van der Waals surface area contributed by atoms with Crippen LogP contribution in [0, 0.1) is 0 Å². The van der Waals surface area contributed by atoms with Crippen molar-refractivity contribution in [1.82, 2.24) is 0 Å². The molecule has 0 aromatic rings. The van der Waals surface area contributed by atoms with Crippen LogP contribution in [0.4, 0.5) is 0 Å². The highest BCUT2D eigenvalue weighted by Gasteiger charge is 1.96. The molecule has 0 spiro atoms. The molecule has 0 rings (SSSR count). The Hall–Kier alpha value is 0.140. The van der Waals surface area contributed by atoms with Crippen molar-refractivity contribution in [2.75, 3.05) is 11.5 Å². The number of hydrogen-bond acceptors (Lipinski definition) is 3. The van der Waals surface area contributed by atoms with Crippen LogP contribution in [0.1, 0.15) is 0 Å². The van der Waals surface area contributed by atoms with E-state index in [-0.39, 0.29) is 5.24 Å². The summed E-state index contributed by atoms with van der Waals surface area (Å²) in [5, 5.41) is 1.34. The van der Waals surface area contributed by atoms with Gasteiger partial charge in [0.25, 0.3) is 0 Å². The van der Waals surface area contributed by atoms with Gasteiger partial charge in [0.15, 0.2) is 0 Å². The van der Waals surface area contributed by atoms with Crippen molar-refractivity contribution in [3.8, 4) is 0 Å². The predicted molar refractivity (Wildman–Crippen MR) is 55.5 cm³/mol. The van der Waals surface area contributed by atoms with Gasteiger partial charge in [0, 0.05) is 5.75 Å². The zero-order chi connectivity index (χ0) is 8.69. The molecule has 0 amide bonds. The summed E-state index contributed by atoms with van der Waals surface area (Å²) < 4.78 is 0. The lowest BCUT2D eigenvalue weighted by molar-refractivity contribution is -0.109. The van der Waals surface area contributed by atoms with Crippen LogP contribution in [0.5, 0.6) is 0 Å². The van der Waals surface area contributed by atoms with Crippen LogP contribution in [-0.2, 0) is 4.79 Å². The van der Waals surface area contributed by atoms with E-state index >= 15 is 0 Å². The molecule has 0 unspecified atom stereocenters. The number of carbonyl (C=O) groups is 1. The second-order valence-electron chi connectivity index (χ2n) is 1.76. The summed E-state index contributed by atoms with van der Waals surface area (Å²) in [4.78, 5) is 10.3. The second-order valence-corrected chi connectivity index (χ2v) is 3.42. The molecular weight excluding hydrogens is 200 g/mol. The Bertz CT molecular complexity index is 177. The predicted octanol–water partition coefficient (Wildman–Crippen LogP) is 2.48. The fraction of sp³-hybridized carbons (Fsp3) is 0.286. The molecule has 0 aromatic carbocycles. The van der Waals surface area contributed by atoms with Gasteiger partial charge in [0.1, 0.15) is 0 Å². The average molecular weight is 209 g/mol. The molecule has 0 radical (unpaired) electrons. The molecule has 62 valence electrons. The summed E-state index contributed by atoms with van der Waals surface area (Å²) in [6, 6.07) is 0. The number of thiol groups is 1. The molecule has 4 heteroatoms. The lowest BCUT2D eigenvalue weighted by Crippen LogP contribution is -1.92. The standard InChI is InChI=1S/C7H9ClOS2/c1-2-6(3-10)4-11-5-7(8)9/h2-3,10H,1,4-5H2/b6-3+. The van der Waals surface area contributed by atoms with Crippen molar-refractivity contribution >= 4 is 41.2 Å². The minimum atomic E-state index is -0.322. The van der Waals surface area contributed by atoms with E-state index in [1.165, 1.54) is 11.8 Å². The number of allylic oxidation sites excluding steroid dienone is 1. The largest absolute Gasteiger partial charge is 0.280 e. The van der Waals surface area contributed by atoms with Gasteiger partial charge in [-0.1, -0.05) is 12.7 Å². The lowest BCUT2D eigenvalue weighted by Gasteiger charge is -1.97. The zero-order valence-corrected chi connectivity index (χ0v) is 8.38. The maximum atomic E-state index is 10.3. The van der Waals surface area contributed by atoms with Gasteiger partial charge in [-0.25, -0.2) is 0 Å². The molecule has 0 heterocycles. The number of carbonyl (C=O) groups excluding carboxylic acids is 1. The van der Waals surface area contributed by atoms with Crippen LogP contribution in [0.15, 0.2) is 23.6 Å². The Morgan fingerprint density at radius 1 is 1.64 bits per heavy atom. The van der Waals surface area contributed by atoms with Crippen LogP contribution in [0.25, 0.3) is 0 Å². The monoisotopic (exact) mass is 208 g/mol. The van der Waals surface area contributed by atoms with Crippen molar-refractivity contribution in [3.63, 3.8) is 0 Å². The van der Waals surface area contributed by atoms with Gasteiger partial charge in [0.05, 0.1) is 5.75 Å². The number of thioether (sulfide) groups is 1.